The van der Waals surface area contributed by atoms with E-state index in [1.165, 1.54) is 14.2 Å². The van der Waals surface area contributed by atoms with Gasteiger partial charge in [0.05, 0.1) is 54.1 Å². The van der Waals surface area contributed by atoms with Crippen LogP contribution in [-0.2, 0) is 20.7 Å². The highest BCUT2D eigenvalue weighted by Crippen LogP contribution is 2.37. The molecule has 33 heavy (non-hydrogen) atoms. The minimum absolute atomic E-state index is 0.00739. The highest BCUT2D eigenvalue weighted by atomic mass is 79.9. The fourth-order valence-electron chi connectivity index (χ4n) is 3.55. The molecule has 8 nitrogen and oxygen atoms in total. The Hall–Kier alpha value is -3.04. The molecule has 176 valence electrons. The molecule has 0 amide bonds. The summed E-state index contributed by atoms with van der Waals surface area (Å²) in [7, 11) is 4.81. The molecule has 3 rings (SSSR count). The normalized spacial score (nSPS) is 10.8. The summed E-state index contributed by atoms with van der Waals surface area (Å²) < 4.78 is 27.6. The minimum Gasteiger partial charge on any atom is -0.495 e. The van der Waals surface area contributed by atoms with Gasteiger partial charge in [-0.25, -0.2) is 0 Å². The van der Waals surface area contributed by atoms with E-state index in [-0.39, 0.29) is 31.5 Å². The largest absolute Gasteiger partial charge is 0.495 e. The maximum Gasteiger partial charge on any atom is 0.310 e. The number of nitrogens with zero attached hydrogens (tertiary/aromatic N) is 1. The van der Waals surface area contributed by atoms with Gasteiger partial charge in [0.1, 0.15) is 11.5 Å². The van der Waals surface area contributed by atoms with E-state index in [0.717, 1.165) is 0 Å². The number of rotatable bonds is 11. The summed E-state index contributed by atoms with van der Waals surface area (Å²) in [4.78, 5) is 27.1. The van der Waals surface area contributed by atoms with Crippen LogP contribution in [-0.4, -0.2) is 53.0 Å². The third-order valence-electron chi connectivity index (χ3n) is 4.98. The molecule has 0 aliphatic carbocycles. The molecule has 2 aromatic carbocycles. The number of likely N-dealkylation sites (N-methyl/N-ethyl adjacent to an activating group) is 1. The lowest BCUT2D eigenvalue weighted by atomic mass is 10.1. The predicted molar refractivity (Wildman–Crippen MR) is 127 cm³/mol. The van der Waals surface area contributed by atoms with Crippen molar-refractivity contribution in [1.82, 2.24) is 0 Å². The van der Waals surface area contributed by atoms with E-state index in [2.05, 4.69) is 15.9 Å². The highest BCUT2D eigenvalue weighted by Gasteiger charge is 2.23. The maximum atomic E-state index is 13.3. The van der Waals surface area contributed by atoms with Crippen molar-refractivity contribution < 1.29 is 33.0 Å². The summed E-state index contributed by atoms with van der Waals surface area (Å²) in [5.41, 5.74) is 2.32. The molecule has 0 saturated carbocycles. The average molecular weight is 520 g/mol. The zero-order chi connectivity index (χ0) is 24.0. The first-order valence-electron chi connectivity index (χ1n) is 10.3. The Labute approximate surface area is 200 Å². The van der Waals surface area contributed by atoms with E-state index in [1.807, 2.05) is 6.07 Å². The molecule has 0 fully saturated rings. The number of Topliss-reactive ketones (excluding diaryl/α,β-unsaturated/α-hetero) is 1. The molecular weight excluding hydrogens is 494 g/mol. The number of methoxy groups -OCH3 is 2. The van der Waals surface area contributed by atoms with E-state index in [0.29, 0.717) is 50.4 Å². The molecule has 0 saturated heterocycles. The molecule has 0 N–H and O–H groups in total. The van der Waals surface area contributed by atoms with Gasteiger partial charge in [0.25, 0.3) is 0 Å². The van der Waals surface area contributed by atoms with Crippen LogP contribution >= 0.6 is 15.9 Å². The van der Waals surface area contributed by atoms with Gasteiger partial charge in [-0.15, -0.1) is 0 Å². The summed E-state index contributed by atoms with van der Waals surface area (Å²) in [6, 6.07) is 8.86. The number of anilines is 1. The molecule has 0 aliphatic heterocycles. The topological polar surface area (TPSA) is 87.4 Å². The lowest BCUT2D eigenvalue weighted by molar-refractivity contribution is -0.142. The zero-order valence-corrected chi connectivity index (χ0v) is 20.6. The fraction of sp³-hybridized carbons (Fsp3) is 0.333. The zero-order valence-electron chi connectivity index (χ0n) is 19.0. The van der Waals surface area contributed by atoms with Crippen LogP contribution in [0.15, 0.2) is 45.5 Å². The lowest BCUT2D eigenvalue weighted by Crippen LogP contribution is -2.27. The molecule has 0 unspecified atom stereocenters. The van der Waals surface area contributed by atoms with Gasteiger partial charge in [-0.2, -0.15) is 0 Å². The van der Waals surface area contributed by atoms with E-state index < -0.39 is 0 Å². The Kier molecular flexibility index (Phi) is 8.35. The van der Waals surface area contributed by atoms with Crippen LogP contribution in [0.1, 0.15) is 22.8 Å². The maximum absolute atomic E-state index is 13.3. The number of hydrogen-bond donors (Lipinski definition) is 0. The molecule has 9 heteroatoms. The molecule has 1 heterocycles. The van der Waals surface area contributed by atoms with Crippen LogP contribution in [0.5, 0.6) is 11.5 Å². The smallest absolute Gasteiger partial charge is 0.310 e. The van der Waals surface area contributed by atoms with Gasteiger partial charge < -0.3 is 28.3 Å². The second-order valence-corrected chi connectivity index (χ2v) is 8.03. The second-order valence-electron chi connectivity index (χ2n) is 7.18. The molecular formula is C24H26BrNO7. The van der Waals surface area contributed by atoms with Gasteiger partial charge in [0.2, 0.25) is 0 Å². The standard InChI is InChI=1S/C24H26BrNO7/c1-5-31-21(28)11-15-7-6-8-19(22(15)33-14-29-3)26(2)13-20(27)17-12-18(25)24-16(9-10-32-24)23(17)30-4/h6-10,12H,5,11,13-14H2,1-4H3. The van der Waals surface area contributed by atoms with Crippen molar-refractivity contribution in [3.8, 4) is 11.5 Å². The monoisotopic (exact) mass is 519 g/mol. The Morgan fingerprint density at radius 2 is 1.94 bits per heavy atom. The Morgan fingerprint density at radius 3 is 2.64 bits per heavy atom. The predicted octanol–water partition coefficient (Wildman–Crippen LogP) is 4.61. The summed E-state index contributed by atoms with van der Waals surface area (Å²) in [5, 5.41) is 0.707. The summed E-state index contributed by atoms with van der Waals surface area (Å²) in [6.07, 6.45) is 1.59. The first kappa shape index (κ1) is 24.6. The first-order valence-corrected chi connectivity index (χ1v) is 11.1. The first-order chi connectivity index (χ1) is 15.9. The van der Waals surface area contributed by atoms with Crippen molar-refractivity contribution in [3.05, 3.63) is 52.2 Å². The number of fused-ring (bicyclic) bond motifs is 1. The molecule has 0 radical (unpaired) electrons. The van der Waals surface area contributed by atoms with Gasteiger partial charge in [-0.1, -0.05) is 12.1 Å². The summed E-state index contributed by atoms with van der Waals surface area (Å²) in [5.74, 6) is 0.388. The number of esters is 1. The van der Waals surface area contributed by atoms with Crippen molar-refractivity contribution in [3.63, 3.8) is 0 Å². The number of ether oxygens (including phenoxy) is 4. The van der Waals surface area contributed by atoms with Crippen LogP contribution in [0, 0.1) is 0 Å². The minimum atomic E-state index is -0.362. The van der Waals surface area contributed by atoms with Gasteiger partial charge in [0, 0.05) is 19.7 Å². The van der Waals surface area contributed by atoms with E-state index in [4.69, 9.17) is 23.4 Å². The Bertz CT molecular complexity index is 1140. The molecule has 0 atom stereocenters. The number of carbonyl (C=O) groups excluding carboxylic acids is 2. The Balaban J connectivity index is 1.92. The number of furan rings is 1. The van der Waals surface area contributed by atoms with Gasteiger partial charge in [-0.3, -0.25) is 9.59 Å². The number of para-hydroxylation sites is 1. The molecule has 0 aliphatic rings. The average Bonchev–Trinajstić information content (AvgIpc) is 3.28. The third kappa shape index (κ3) is 5.48. The molecule has 0 spiro atoms. The SMILES string of the molecule is CCOC(=O)Cc1cccc(N(C)CC(=O)c2cc(Br)c3occc3c2OC)c1OCOC. The van der Waals surface area contributed by atoms with Crippen LogP contribution in [0.2, 0.25) is 0 Å². The number of carbonyl (C=O) groups is 2. The quantitative estimate of drug-likeness (QED) is 0.206. The lowest BCUT2D eigenvalue weighted by Gasteiger charge is -2.24. The van der Waals surface area contributed by atoms with Crippen molar-refractivity contribution in [2.45, 2.75) is 13.3 Å². The summed E-state index contributed by atoms with van der Waals surface area (Å²) in [6.45, 7) is 2.08. The molecule has 3 aromatic rings. The van der Waals surface area contributed by atoms with E-state index >= 15 is 0 Å². The van der Waals surface area contributed by atoms with Crippen molar-refractivity contribution >= 4 is 44.3 Å². The number of halogens is 1. The number of hydrogen-bond acceptors (Lipinski definition) is 8. The number of ketones is 1. The van der Waals surface area contributed by atoms with Gasteiger partial charge in [0.15, 0.2) is 18.2 Å². The van der Waals surface area contributed by atoms with Gasteiger partial charge in [-0.05, 0) is 41.1 Å². The van der Waals surface area contributed by atoms with Crippen molar-refractivity contribution in [2.24, 2.45) is 0 Å². The third-order valence-corrected chi connectivity index (χ3v) is 5.57. The van der Waals surface area contributed by atoms with Gasteiger partial charge >= 0.3 is 5.97 Å². The fourth-order valence-corrected chi connectivity index (χ4v) is 4.09. The van der Waals surface area contributed by atoms with E-state index in [9.17, 15) is 9.59 Å². The summed E-state index contributed by atoms with van der Waals surface area (Å²) >= 11 is 3.46. The van der Waals surface area contributed by atoms with Crippen LogP contribution in [0.4, 0.5) is 5.69 Å². The van der Waals surface area contributed by atoms with Crippen molar-refractivity contribution in [2.75, 3.05) is 46.1 Å². The Morgan fingerprint density at radius 1 is 1.15 bits per heavy atom. The van der Waals surface area contributed by atoms with Crippen LogP contribution < -0.4 is 14.4 Å². The van der Waals surface area contributed by atoms with Crippen molar-refractivity contribution in [1.29, 1.82) is 0 Å². The molecule has 0 bridgehead atoms. The highest BCUT2D eigenvalue weighted by molar-refractivity contribution is 9.10. The van der Waals surface area contributed by atoms with Crippen LogP contribution in [0.3, 0.4) is 0 Å². The second kappa shape index (κ2) is 11.2. The number of benzene rings is 2. The van der Waals surface area contributed by atoms with E-state index in [1.54, 1.807) is 49.4 Å². The van der Waals surface area contributed by atoms with Crippen LogP contribution in [0.25, 0.3) is 11.0 Å². The molecule has 1 aromatic heterocycles.